The summed E-state index contributed by atoms with van der Waals surface area (Å²) in [7, 11) is 0. The number of aryl methyl sites for hydroxylation is 1. The first kappa shape index (κ1) is 19.9. The molecule has 5 nitrogen and oxygen atoms in total. The molecule has 2 fully saturated rings. The van der Waals surface area contributed by atoms with Crippen LogP contribution >= 0.6 is 11.6 Å². The van der Waals surface area contributed by atoms with Gasteiger partial charge in [-0.2, -0.15) is 13.2 Å². The Balaban J connectivity index is 1.48. The molecular weight excluding hydrogens is 407 g/mol. The van der Waals surface area contributed by atoms with Gasteiger partial charge in [0.05, 0.1) is 16.6 Å². The van der Waals surface area contributed by atoms with E-state index in [2.05, 4.69) is 9.97 Å². The van der Waals surface area contributed by atoms with Crippen LogP contribution in [-0.4, -0.2) is 40.0 Å². The number of halogens is 4. The summed E-state index contributed by atoms with van der Waals surface area (Å²) in [4.78, 5) is 22.8. The number of likely N-dealkylation sites (tertiary alicyclic amines) is 1. The Kier molecular flexibility index (Phi) is 5.14. The third-order valence-corrected chi connectivity index (χ3v) is 5.76. The van der Waals surface area contributed by atoms with Crippen molar-refractivity contribution in [3.05, 3.63) is 52.4 Å². The fourth-order valence-corrected chi connectivity index (χ4v) is 3.93. The topological polar surface area (TPSA) is 55.3 Å². The molecule has 29 heavy (non-hydrogen) atoms. The molecule has 1 amide bonds. The normalized spacial score (nSPS) is 23.5. The SMILES string of the molecule is Cc1ccc(Cl)c(C(=O)N2CC3C[C@@H]3C[C@H]2COc2ccc(C(F)(F)F)cn2)n1. The van der Waals surface area contributed by atoms with E-state index in [0.717, 1.165) is 25.1 Å². The van der Waals surface area contributed by atoms with E-state index in [-0.39, 0.29) is 30.1 Å². The zero-order valence-electron chi connectivity index (χ0n) is 15.6. The number of alkyl halides is 3. The summed E-state index contributed by atoms with van der Waals surface area (Å²) in [6, 6.07) is 5.30. The van der Waals surface area contributed by atoms with Gasteiger partial charge in [0.15, 0.2) is 0 Å². The molecule has 1 saturated heterocycles. The minimum absolute atomic E-state index is 0.0926. The third-order valence-electron chi connectivity index (χ3n) is 5.45. The third kappa shape index (κ3) is 4.32. The van der Waals surface area contributed by atoms with Gasteiger partial charge in [-0.1, -0.05) is 11.6 Å². The summed E-state index contributed by atoms with van der Waals surface area (Å²) >= 11 is 6.19. The van der Waals surface area contributed by atoms with Gasteiger partial charge >= 0.3 is 6.18 Å². The molecule has 1 saturated carbocycles. The summed E-state index contributed by atoms with van der Waals surface area (Å²) in [5.74, 6) is 0.866. The van der Waals surface area contributed by atoms with E-state index in [9.17, 15) is 18.0 Å². The Labute approximate surface area is 170 Å². The number of piperidine rings is 1. The Morgan fingerprint density at radius 2 is 2.03 bits per heavy atom. The number of nitrogens with zero attached hydrogens (tertiary/aromatic N) is 3. The smallest absolute Gasteiger partial charge is 0.417 e. The average molecular weight is 426 g/mol. The number of hydrogen-bond donors (Lipinski definition) is 0. The molecule has 3 heterocycles. The number of amides is 1. The minimum Gasteiger partial charge on any atom is -0.475 e. The Bertz CT molecular complexity index is 920. The van der Waals surface area contributed by atoms with E-state index in [1.54, 1.807) is 24.0 Å². The maximum atomic E-state index is 13.1. The highest BCUT2D eigenvalue weighted by Gasteiger charge is 2.47. The second kappa shape index (κ2) is 7.48. The van der Waals surface area contributed by atoms with Gasteiger partial charge < -0.3 is 9.64 Å². The van der Waals surface area contributed by atoms with Crippen LogP contribution in [0.2, 0.25) is 5.02 Å². The average Bonchev–Trinajstić information content (AvgIpc) is 3.45. The van der Waals surface area contributed by atoms with Gasteiger partial charge in [0.2, 0.25) is 5.88 Å². The van der Waals surface area contributed by atoms with Crippen LogP contribution in [0.1, 0.15) is 34.6 Å². The molecule has 9 heteroatoms. The van der Waals surface area contributed by atoms with E-state index in [0.29, 0.717) is 29.1 Å². The van der Waals surface area contributed by atoms with Crippen LogP contribution in [0.4, 0.5) is 13.2 Å². The van der Waals surface area contributed by atoms with Crippen LogP contribution in [0.25, 0.3) is 0 Å². The molecule has 154 valence electrons. The Morgan fingerprint density at radius 3 is 2.72 bits per heavy atom. The van der Waals surface area contributed by atoms with Gasteiger partial charge in [0, 0.05) is 24.5 Å². The van der Waals surface area contributed by atoms with Crippen molar-refractivity contribution in [3.63, 3.8) is 0 Å². The van der Waals surface area contributed by atoms with Gasteiger partial charge in [-0.3, -0.25) is 4.79 Å². The standard InChI is InChI=1S/C20H19ClF3N3O2/c1-11-2-4-16(21)18(26-11)19(28)27-9-13-6-12(13)7-15(27)10-29-17-5-3-14(8-25-17)20(22,23)24/h2-5,8,12-13,15H,6-7,9-10H2,1H3/t12-,13?,15+/m1/s1. The Morgan fingerprint density at radius 1 is 1.24 bits per heavy atom. The van der Waals surface area contributed by atoms with Crippen LogP contribution in [0, 0.1) is 18.8 Å². The monoisotopic (exact) mass is 425 g/mol. The number of fused-ring (bicyclic) bond motifs is 1. The largest absolute Gasteiger partial charge is 0.475 e. The van der Waals surface area contributed by atoms with Gasteiger partial charge in [-0.05, 0) is 49.8 Å². The number of pyridine rings is 2. The van der Waals surface area contributed by atoms with Crippen molar-refractivity contribution in [3.8, 4) is 5.88 Å². The number of carbonyl (C=O) groups excluding carboxylic acids is 1. The molecule has 0 bridgehead atoms. The minimum atomic E-state index is -4.45. The summed E-state index contributed by atoms with van der Waals surface area (Å²) in [6.45, 7) is 2.54. The fourth-order valence-electron chi connectivity index (χ4n) is 3.75. The predicted octanol–water partition coefficient (Wildman–Crippen LogP) is 4.39. The lowest BCUT2D eigenvalue weighted by atomic mass is 10.0. The summed E-state index contributed by atoms with van der Waals surface area (Å²) in [5, 5.41) is 0.294. The van der Waals surface area contributed by atoms with Crippen molar-refractivity contribution in [2.75, 3.05) is 13.2 Å². The van der Waals surface area contributed by atoms with Gasteiger partial charge in [-0.25, -0.2) is 9.97 Å². The van der Waals surface area contributed by atoms with Crippen molar-refractivity contribution in [1.29, 1.82) is 0 Å². The van der Waals surface area contributed by atoms with Gasteiger partial charge in [-0.15, -0.1) is 0 Å². The van der Waals surface area contributed by atoms with Crippen LogP contribution < -0.4 is 4.74 Å². The second-order valence-corrected chi connectivity index (χ2v) is 7.99. The molecule has 4 rings (SSSR count). The molecule has 0 aromatic carbocycles. The zero-order chi connectivity index (χ0) is 20.8. The highest BCUT2D eigenvalue weighted by atomic mass is 35.5. The lowest BCUT2D eigenvalue weighted by Gasteiger charge is -2.35. The second-order valence-electron chi connectivity index (χ2n) is 7.58. The molecule has 1 unspecified atom stereocenters. The summed E-state index contributed by atoms with van der Waals surface area (Å²) in [5.41, 5.74) is 0.0736. The highest BCUT2D eigenvalue weighted by Crippen LogP contribution is 2.47. The first-order valence-electron chi connectivity index (χ1n) is 9.32. The number of rotatable bonds is 4. The number of hydrogen-bond acceptors (Lipinski definition) is 4. The molecule has 0 radical (unpaired) electrons. The van der Waals surface area contributed by atoms with E-state index < -0.39 is 11.7 Å². The lowest BCUT2D eigenvalue weighted by Crippen LogP contribution is -2.48. The molecule has 1 aliphatic carbocycles. The van der Waals surface area contributed by atoms with Crippen molar-refractivity contribution < 1.29 is 22.7 Å². The van der Waals surface area contributed by atoms with Crippen molar-refractivity contribution in [2.24, 2.45) is 11.8 Å². The fraction of sp³-hybridized carbons (Fsp3) is 0.450. The molecule has 2 aliphatic rings. The predicted molar refractivity (Wildman–Crippen MR) is 99.8 cm³/mol. The van der Waals surface area contributed by atoms with E-state index in [4.69, 9.17) is 16.3 Å². The zero-order valence-corrected chi connectivity index (χ0v) is 16.4. The van der Waals surface area contributed by atoms with Gasteiger partial charge in [0.1, 0.15) is 12.3 Å². The highest BCUT2D eigenvalue weighted by molar-refractivity contribution is 6.33. The van der Waals surface area contributed by atoms with Crippen LogP contribution in [0.5, 0.6) is 5.88 Å². The van der Waals surface area contributed by atoms with Crippen molar-refractivity contribution in [2.45, 2.75) is 32.0 Å². The molecule has 0 N–H and O–H groups in total. The first-order chi connectivity index (χ1) is 13.7. The molecule has 2 aromatic rings. The maximum absolute atomic E-state index is 13.1. The number of ether oxygens (including phenoxy) is 1. The Hall–Kier alpha value is -2.35. The van der Waals surface area contributed by atoms with E-state index in [1.165, 1.54) is 6.07 Å². The maximum Gasteiger partial charge on any atom is 0.417 e. The number of aromatic nitrogens is 2. The molecule has 0 spiro atoms. The van der Waals surface area contributed by atoms with E-state index >= 15 is 0 Å². The van der Waals surface area contributed by atoms with Crippen LogP contribution in [0.3, 0.4) is 0 Å². The van der Waals surface area contributed by atoms with Crippen molar-refractivity contribution in [1.82, 2.24) is 14.9 Å². The molecule has 3 atom stereocenters. The quantitative estimate of drug-likeness (QED) is 0.729. The molecule has 1 aliphatic heterocycles. The molecular formula is C20H19ClF3N3O2. The van der Waals surface area contributed by atoms with Crippen molar-refractivity contribution >= 4 is 17.5 Å². The lowest BCUT2D eigenvalue weighted by molar-refractivity contribution is -0.137. The van der Waals surface area contributed by atoms with Crippen LogP contribution in [-0.2, 0) is 6.18 Å². The number of carbonyl (C=O) groups is 1. The van der Waals surface area contributed by atoms with Crippen LogP contribution in [0.15, 0.2) is 30.5 Å². The van der Waals surface area contributed by atoms with Gasteiger partial charge in [0.25, 0.3) is 5.91 Å². The summed E-state index contributed by atoms with van der Waals surface area (Å²) < 4.78 is 43.6. The summed E-state index contributed by atoms with van der Waals surface area (Å²) in [6.07, 6.45) is -1.86. The first-order valence-corrected chi connectivity index (χ1v) is 9.70. The van der Waals surface area contributed by atoms with E-state index in [1.807, 2.05) is 0 Å². The molecule has 2 aromatic heterocycles.